The van der Waals surface area contributed by atoms with Crippen molar-refractivity contribution in [2.24, 2.45) is 0 Å². The molecule has 0 unspecified atom stereocenters. The molecule has 1 aromatic carbocycles. The van der Waals surface area contributed by atoms with Gasteiger partial charge in [-0.05, 0) is 18.9 Å². The number of hydrogen-bond donors (Lipinski definition) is 2. The lowest BCUT2D eigenvalue weighted by Crippen LogP contribution is -2.28. The van der Waals surface area contributed by atoms with Gasteiger partial charge in [0.05, 0.1) is 0 Å². The third kappa shape index (κ3) is 4.23. The van der Waals surface area contributed by atoms with Crippen LogP contribution in [0.5, 0.6) is 5.75 Å². The minimum Gasteiger partial charge on any atom is -0.508 e. The van der Waals surface area contributed by atoms with E-state index in [0.717, 1.165) is 12.1 Å². The van der Waals surface area contributed by atoms with Gasteiger partial charge in [0, 0.05) is 18.2 Å². The van der Waals surface area contributed by atoms with Gasteiger partial charge in [0.15, 0.2) is 0 Å². The minimum absolute atomic E-state index is 0.391. The van der Waals surface area contributed by atoms with Crippen molar-refractivity contribution in [2.45, 2.75) is 52.1 Å². The first kappa shape index (κ1) is 13.0. The predicted molar refractivity (Wildman–Crippen MR) is 68.6 cm³/mol. The molecular weight excluding hydrogens is 198 g/mol. The van der Waals surface area contributed by atoms with Crippen LogP contribution >= 0.6 is 0 Å². The summed E-state index contributed by atoms with van der Waals surface area (Å²) < 4.78 is 0. The summed E-state index contributed by atoms with van der Waals surface area (Å²) >= 11 is 0. The highest BCUT2D eigenvalue weighted by molar-refractivity contribution is 5.31. The molecule has 0 spiro atoms. The van der Waals surface area contributed by atoms with Crippen LogP contribution in [0.2, 0.25) is 0 Å². The highest BCUT2D eigenvalue weighted by Gasteiger charge is 2.06. The van der Waals surface area contributed by atoms with Crippen LogP contribution in [0.15, 0.2) is 24.3 Å². The minimum atomic E-state index is 0.391. The predicted octanol–water partition coefficient (Wildman–Crippen LogP) is 3.45. The number of para-hydroxylation sites is 1. The quantitative estimate of drug-likeness (QED) is 0.739. The first-order valence-electron chi connectivity index (χ1n) is 6.28. The second-order valence-electron chi connectivity index (χ2n) is 4.28. The molecule has 2 nitrogen and oxygen atoms in total. The van der Waals surface area contributed by atoms with Gasteiger partial charge in [0.1, 0.15) is 5.75 Å². The average Bonchev–Trinajstić information content (AvgIpc) is 2.28. The second-order valence-corrected chi connectivity index (χ2v) is 4.28. The summed E-state index contributed by atoms with van der Waals surface area (Å²) in [7, 11) is 0. The van der Waals surface area contributed by atoms with Gasteiger partial charge in [-0.3, -0.25) is 0 Å². The van der Waals surface area contributed by atoms with Crippen LogP contribution in [0.4, 0.5) is 0 Å². The zero-order chi connectivity index (χ0) is 11.8. The molecule has 0 aliphatic carbocycles. The van der Waals surface area contributed by atoms with E-state index in [2.05, 4.69) is 19.2 Å². The van der Waals surface area contributed by atoms with E-state index in [1.54, 1.807) is 6.07 Å². The molecule has 90 valence electrons. The molecule has 0 bridgehead atoms. The van der Waals surface area contributed by atoms with Crippen molar-refractivity contribution < 1.29 is 5.11 Å². The molecule has 0 atom stereocenters. The molecule has 0 radical (unpaired) electrons. The largest absolute Gasteiger partial charge is 0.508 e. The lowest BCUT2D eigenvalue weighted by molar-refractivity contribution is 0.428. The number of phenolic OH excluding ortho intramolecular Hbond substituents is 1. The summed E-state index contributed by atoms with van der Waals surface area (Å²) in [6.45, 7) is 5.19. The van der Waals surface area contributed by atoms with Gasteiger partial charge in [-0.1, -0.05) is 44.9 Å². The van der Waals surface area contributed by atoms with Gasteiger partial charge >= 0.3 is 0 Å². The fraction of sp³-hybridized carbons (Fsp3) is 0.571. The number of nitrogens with one attached hydrogen (secondary N) is 1. The molecule has 1 rings (SSSR count). The van der Waals surface area contributed by atoms with Crippen LogP contribution in [-0.2, 0) is 6.54 Å². The van der Waals surface area contributed by atoms with Gasteiger partial charge in [0.25, 0.3) is 0 Å². The third-order valence-corrected chi connectivity index (χ3v) is 2.85. The third-order valence-electron chi connectivity index (χ3n) is 2.85. The summed E-state index contributed by atoms with van der Waals surface area (Å²) in [5.41, 5.74) is 0.986. The molecule has 0 saturated carbocycles. The molecule has 0 aromatic heterocycles. The smallest absolute Gasteiger partial charge is 0.120 e. The van der Waals surface area contributed by atoms with E-state index in [0.29, 0.717) is 11.8 Å². The SMILES string of the molecule is CCCC(CCC)NCc1ccccc1O. The molecule has 1 aromatic rings. The zero-order valence-electron chi connectivity index (χ0n) is 10.4. The van der Waals surface area contributed by atoms with Crippen LogP contribution in [-0.4, -0.2) is 11.1 Å². The standard InChI is InChI=1S/C14H23NO/c1-3-7-13(8-4-2)15-11-12-9-5-6-10-14(12)16/h5-6,9-10,13,15-16H,3-4,7-8,11H2,1-2H3. The summed E-state index contributed by atoms with van der Waals surface area (Å²) in [4.78, 5) is 0. The van der Waals surface area contributed by atoms with Crippen LogP contribution in [0, 0.1) is 0 Å². The number of phenols is 1. The molecule has 0 heterocycles. The monoisotopic (exact) mass is 221 g/mol. The van der Waals surface area contributed by atoms with Crippen molar-refractivity contribution >= 4 is 0 Å². The highest BCUT2D eigenvalue weighted by atomic mass is 16.3. The van der Waals surface area contributed by atoms with Gasteiger partial charge in [-0.15, -0.1) is 0 Å². The van der Waals surface area contributed by atoms with E-state index in [4.69, 9.17) is 0 Å². The van der Waals surface area contributed by atoms with Gasteiger partial charge in [-0.2, -0.15) is 0 Å². The van der Waals surface area contributed by atoms with Crippen molar-refractivity contribution in [3.63, 3.8) is 0 Å². The van der Waals surface area contributed by atoms with E-state index in [-0.39, 0.29) is 0 Å². The van der Waals surface area contributed by atoms with Crippen molar-refractivity contribution in [3.8, 4) is 5.75 Å². The van der Waals surface area contributed by atoms with Crippen LogP contribution in [0.25, 0.3) is 0 Å². The van der Waals surface area contributed by atoms with Crippen LogP contribution < -0.4 is 5.32 Å². The maximum absolute atomic E-state index is 9.64. The van der Waals surface area contributed by atoms with Gasteiger partial charge in [0.2, 0.25) is 0 Å². The summed E-state index contributed by atoms with van der Waals surface area (Å²) in [6, 6.07) is 8.11. The molecule has 2 heteroatoms. The summed E-state index contributed by atoms with van der Waals surface area (Å²) in [6.07, 6.45) is 4.83. The second kappa shape index (κ2) is 7.29. The topological polar surface area (TPSA) is 32.3 Å². The van der Waals surface area contributed by atoms with E-state index in [1.165, 1.54) is 25.7 Å². The molecule has 0 fully saturated rings. The molecule has 0 aliphatic heterocycles. The fourth-order valence-corrected chi connectivity index (χ4v) is 1.96. The van der Waals surface area contributed by atoms with Crippen molar-refractivity contribution in [2.75, 3.05) is 0 Å². The molecular formula is C14H23NO. The number of aromatic hydroxyl groups is 1. The van der Waals surface area contributed by atoms with Crippen molar-refractivity contribution in [3.05, 3.63) is 29.8 Å². The Hall–Kier alpha value is -1.02. The summed E-state index contributed by atoms with van der Waals surface area (Å²) in [5, 5.41) is 13.2. The maximum atomic E-state index is 9.64. The first-order valence-corrected chi connectivity index (χ1v) is 6.28. The number of rotatable bonds is 7. The molecule has 0 aliphatic rings. The molecule has 0 amide bonds. The first-order chi connectivity index (χ1) is 7.77. The molecule has 2 N–H and O–H groups in total. The van der Waals surface area contributed by atoms with Crippen molar-refractivity contribution in [1.82, 2.24) is 5.32 Å². The van der Waals surface area contributed by atoms with E-state index in [1.807, 2.05) is 18.2 Å². The van der Waals surface area contributed by atoms with E-state index < -0.39 is 0 Å². The fourth-order valence-electron chi connectivity index (χ4n) is 1.96. The number of hydrogen-bond acceptors (Lipinski definition) is 2. The lowest BCUT2D eigenvalue weighted by Gasteiger charge is -2.17. The van der Waals surface area contributed by atoms with Gasteiger partial charge in [-0.25, -0.2) is 0 Å². The Labute approximate surface area is 98.7 Å². The van der Waals surface area contributed by atoms with Crippen molar-refractivity contribution in [1.29, 1.82) is 0 Å². The highest BCUT2D eigenvalue weighted by Crippen LogP contribution is 2.16. The van der Waals surface area contributed by atoms with Gasteiger partial charge < -0.3 is 10.4 Å². The van der Waals surface area contributed by atoms with E-state index in [9.17, 15) is 5.11 Å². The Morgan fingerprint density at radius 2 is 1.75 bits per heavy atom. The van der Waals surface area contributed by atoms with Crippen LogP contribution in [0.3, 0.4) is 0 Å². The molecule has 0 saturated heterocycles. The Kier molecular flexibility index (Phi) is 5.94. The number of benzene rings is 1. The van der Waals surface area contributed by atoms with E-state index >= 15 is 0 Å². The summed E-state index contributed by atoms with van der Waals surface area (Å²) in [5.74, 6) is 0.391. The lowest BCUT2D eigenvalue weighted by atomic mass is 10.1. The normalized spacial score (nSPS) is 10.9. The Morgan fingerprint density at radius 1 is 1.12 bits per heavy atom. The Morgan fingerprint density at radius 3 is 2.31 bits per heavy atom. The maximum Gasteiger partial charge on any atom is 0.120 e. The molecule has 16 heavy (non-hydrogen) atoms. The Balaban J connectivity index is 2.45. The average molecular weight is 221 g/mol. The Bertz CT molecular complexity index is 293. The zero-order valence-corrected chi connectivity index (χ0v) is 10.4. The van der Waals surface area contributed by atoms with Crippen LogP contribution in [0.1, 0.15) is 45.1 Å².